The van der Waals surface area contributed by atoms with Gasteiger partial charge in [0.25, 0.3) is 17.5 Å². The summed E-state index contributed by atoms with van der Waals surface area (Å²) in [6.45, 7) is 0. The predicted molar refractivity (Wildman–Crippen MR) is 102 cm³/mol. The number of nitro groups is 1. The van der Waals surface area contributed by atoms with Gasteiger partial charge in [-0.05, 0) is 48.1 Å². The molecular weight excluding hydrogens is 374 g/mol. The maximum atomic E-state index is 12.5. The highest BCUT2D eigenvalue weighted by molar-refractivity contribution is 8.26. The molecule has 0 atom stereocenters. The first-order valence-electron chi connectivity index (χ1n) is 7.34. The van der Waals surface area contributed by atoms with Crippen molar-refractivity contribution in [2.24, 2.45) is 0 Å². The van der Waals surface area contributed by atoms with Gasteiger partial charge in [-0.15, -0.1) is 0 Å². The molecule has 1 aliphatic rings. The van der Waals surface area contributed by atoms with E-state index in [2.05, 4.69) is 5.43 Å². The van der Waals surface area contributed by atoms with Gasteiger partial charge in [0.2, 0.25) is 0 Å². The summed E-state index contributed by atoms with van der Waals surface area (Å²) in [4.78, 5) is 35.2. The molecule has 0 saturated carbocycles. The van der Waals surface area contributed by atoms with Crippen LogP contribution in [-0.2, 0) is 4.79 Å². The molecule has 26 heavy (non-hydrogen) atoms. The van der Waals surface area contributed by atoms with Crippen LogP contribution >= 0.6 is 24.0 Å². The molecule has 2 amide bonds. The van der Waals surface area contributed by atoms with Crippen molar-refractivity contribution in [1.82, 2.24) is 10.4 Å². The summed E-state index contributed by atoms with van der Waals surface area (Å²) in [5.74, 6) is -0.902. The summed E-state index contributed by atoms with van der Waals surface area (Å²) in [5.41, 5.74) is 3.47. The molecule has 0 aliphatic carbocycles. The number of rotatable bonds is 4. The number of benzene rings is 2. The topological polar surface area (TPSA) is 92.6 Å². The van der Waals surface area contributed by atoms with Crippen LogP contribution in [0.2, 0.25) is 0 Å². The molecule has 3 rings (SSSR count). The van der Waals surface area contributed by atoms with Crippen LogP contribution in [0.15, 0.2) is 59.5 Å². The summed E-state index contributed by atoms with van der Waals surface area (Å²) >= 11 is 6.20. The molecule has 9 heteroatoms. The van der Waals surface area contributed by atoms with Crippen LogP contribution in [0.3, 0.4) is 0 Å². The number of nitro benzene ring substituents is 1. The lowest BCUT2D eigenvalue weighted by atomic mass is 10.2. The van der Waals surface area contributed by atoms with Gasteiger partial charge in [0.05, 0.1) is 9.83 Å². The van der Waals surface area contributed by atoms with E-state index in [9.17, 15) is 19.7 Å². The van der Waals surface area contributed by atoms with Crippen molar-refractivity contribution in [3.8, 4) is 0 Å². The maximum absolute atomic E-state index is 12.5. The van der Waals surface area contributed by atoms with Crippen molar-refractivity contribution >= 4 is 51.9 Å². The standard InChI is InChI=1S/C17H11N3O4S2/c21-15(12-4-2-1-3-5-12)18-19-16(22)14(26-17(19)25)10-11-6-8-13(9-7-11)20(23)24/h1-10H,(H,18,21)/b14-10+. The van der Waals surface area contributed by atoms with E-state index in [-0.39, 0.29) is 10.0 Å². The molecule has 0 unspecified atom stereocenters. The normalized spacial score (nSPS) is 15.4. The second-order valence-corrected chi connectivity index (χ2v) is 6.85. The molecule has 0 spiro atoms. The summed E-state index contributed by atoms with van der Waals surface area (Å²) in [7, 11) is 0. The van der Waals surface area contributed by atoms with Crippen molar-refractivity contribution in [2.45, 2.75) is 0 Å². The minimum absolute atomic E-state index is 0.0372. The summed E-state index contributed by atoms with van der Waals surface area (Å²) in [6, 6.07) is 14.2. The molecule has 1 heterocycles. The molecule has 0 bridgehead atoms. The number of thioether (sulfide) groups is 1. The molecule has 0 radical (unpaired) electrons. The van der Waals surface area contributed by atoms with Crippen LogP contribution in [0, 0.1) is 10.1 Å². The number of thiocarbonyl (C=S) groups is 1. The lowest BCUT2D eigenvalue weighted by Gasteiger charge is -2.15. The Kier molecular flexibility index (Phi) is 5.10. The molecule has 1 N–H and O–H groups in total. The SMILES string of the molecule is O=C(NN1C(=O)/C(=C\c2ccc([N+](=O)[O-])cc2)SC1=S)c1ccccc1. The first-order chi connectivity index (χ1) is 12.5. The zero-order chi connectivity index (χ0) is 18.7. The van der Waals surface area contributed by atoms with E-state index in [0.717, 1.165) is 16.8 Å². The minimum atomic E-state index is -0.498. The minimum Gasteiger partial charge on any atom is -0.267 e. The van der Waals surface area contributed by atoms with Crippen LogP contribution in [0.5, 0.6) is 0 Å². The van der Waals surface area contributed by atoms with Gasteiger partial charge in [-0.25, -0.2) is 0 Å². The van der Waals surface area contributed by atoms with E-state index in [1.54, 1.807) is 36.4 Å². The lowest BCUT2D eigenvalue weighted by molar-refractivity contribution is -0.384. The summed E-state index contributed by atoms with van der Waals surface area (Å²) < 4.78 is 0.201. The van der Waals surface area contributed by atoms with E-state index in [1.165, 1.54) is 24.3 Å². The number of hydrogen-bond acceptors (Lipinski definition) is 6. The Hall–Kier alpha value is -3.04. The molecule has 1 aliphatic heterocycles. The summed E-state index contributed by atoms with van der Waals surface area (Å²) in [6.07, 6.45) is 1.57. The van der Waals surface area contributed by atoms with Crippen molar-refractivity contribution < 1.29 is 14.5 Å². The first kappa shape index (κ1) is 17.8. The average molecular weight is 385 g/mol. The van der Waals surface area contributed by atoms with Gasteiger partial charge in [-0.3, -0.25) is 25.1 Å². The van der Waals surface area contributed by atoms with Gasteiger partial charge in [-0.2, -0.15) is 5.01 Å². The van der Waals surface area contributed by atoms with Gasteiger partial charge < -0.3 is 0 Å². The Labute approximate surface area is 157 Å². The fraction of sp³-hybridized carbons (Fsp3) is 0. The number of non-ortho nitro benzene ring substituents is 1. The maximum Gasteiger partial charge on any atom is 0.285 e. The summed E-state index contributed by atoms with van der Waals surface area (Å²) in [5, 5.41) is 11.7. The number of amides is 2. The Morgan fingerprint density at radius 2 is 1.81 bits per heavy atom. The van der Waals surface area contributed by atoms with E-state index >= 15 is 0 Å². The first-order valence-corrected chi connectivity index (χ1v) is 8.56. The van der Waals surface area contributed by atoms with Gasteiger partial charge >= 0.3 is 0 Å². The highest BCUT2D eigenvalue weighted by atomic mass is 32.2. The molecule has 130 valence electrons. The number of carbonyl (C=O) groups is 2. The number of carbonyl (C=O) groups excluding carboxylic acids is 2. The second kappa shape index (κ2) is 7.46. The quantitative estimate of drug-likeness (QED) is 0.376. The van der Waals surface area contributed by atoms with Crippen molar-refractivity contribution in [2.75, 3.05) is 0 Å². The highest BCUT2D eigenvalue weighted by Gasteiger charge is 2.33. The second-order valence-electron chi connectivity index (χ2n) is 5.17. The van der Waals surface area contributed by atoms with Crippen molar-refractivity contribution in [3.05, 3.63) is 80.7 Å². The zero-order valence-corrected chi connectivity index (χ0v) is 14.8. The van der Waals surface area contributed by atoms with Gasteiger partial charge in [-0.1, -0.05) is 30.0 Å². The van der Waals surface area contributed by atoms with Crippen LogP contribution < -0.4 is 5.43 Å². The fourth-order valence-electron chi connectivity index (χ4n) is 2.16. The average Bonchev–Trinajstić information content (AvgIpc) is 2.90. The van der Waals surface area contributed by atoms with Crippen molar-refractivity contribution in [1.29, 1.82) is 0 Å². The van der Waals surface area contributed by atoms with Crippen LogP contribution in [0.25, 0.3) is 6.08 Å². The third-order valence-electron chi connectivity index (χ3n) is 3.44. The number of hydrazine groups is 1. The van der Waals surface area contributed by atoms with E-state index in [0.29, 0.717) is 16.0 Å². The molecule has 2 aromatic carbocycles. The van der Waals surface area contributed by atoms with Gasteiger partial charge in [0.1, 0.15) is 0 Å². The van der Waals surface area contributed by atoms with Crippen LogP contribution in [0.1, 0.15) is 15.9 Å². The molecule has 1 saturated heterocycles. The Morgan fingerprint density at radius 1 is 1.15 bits per heavy atom. The molecule has 2 aromatic rings. The monoisotopic (exact) mass is 385 g/mol. The molecule has 0 aromatic heterocycles. The Morgan fingerprint density at radius 3 is 2.42 bits per heavy atom. The zero-order valence-electron chi connectivity index (χ0n) is 13.1. The van der Waals surface area contributed by atoms with Crippen molar-refractivity contribution in [3.63, 3.8) is 0 Å². The molecular formula is C17H11N3O4S2. The van der Waals surface area contributed by atoms with E-state index < -0.39 is 16.7 Å². The predicted octanol–water partition coefficient (Wildman–Crippen LogP) is 3.14. The number of hydrogen-bond donors (Lipinski definition) is 1. The van der Waals surface area contributed by atoms with Crippen LogP contribution in [0.4, 0.5) is 5.69 Å². The smallest absolute Gasteiger partial charge is 0.267 e. The van der Waals surface area contributed by atoms with Gasteiger partial charge in [0.15, 0.2) is 4.32 Å². The molecule has 1 fully saturated rings. The van der Waals surface area contributed by atoms with Crippen LogP contribution in [-0.4, -0.2) is 26.1 Å². The lowest BCUT2D eigenvalue weighted by Crippen LogP contribution is -2.44. The largest absolute Gasteiger partial charge is 0.285 e. The molecule has 7 nitrogen and oxygen atoms in total. The highest BCUT2D eigenvalue weighted by Crippen LogP contribution is 2.31. The van der Waals surface area contributed by atoms with E-state index in [1.807, 2.05) is 0 Å². The fourth-order valence-corrected chi connectivity index (χ4v) is 3.34. The number of nitrogens with one attached hydrogen (secondary N) is 1. The number of nitrogens with zero attached hydrogens (tertiary/aromatic N) is 2. The third-order valence-corrected chi connectivity index (χ3v) is 4.75. The van der Waals surface area contributed by atoms with Gasteiger partial charge in [0, 0.05) is 17.7 Å². The Bertz CT molecular complexity index is 927. The van der Waals surface area contributed by atoms with E-state index in [4.69, 9.17) is 12.2 Å². The third kappa shape index (κ3) is 3.79. The Balaban J connectivity index is 1.76.